The van der Waals surface area contributed by atoms with Gasteiger partial charge in [-0.25, -0.2) is 0 Å². The van der Waals surface area contributed by atoms with Gasteiger partial charge >= 0.3 is 0 Å². The summed E-state index contributed by atoms with van der Waals surface area (Å²) in [7, 11) is 0. The van der Waals surface area contributed by atoms with Crippen LogP contribution in [0.15, 0.2) is 53.6 Å². The summed E-state index contributed by atoms with van der Waals surface area (Å²) in [6, 6.07) is 11.2. The molecule has 0 bridgehead atoms. The minimum absolute atomic E-state index is 0.182. The van der Waals surface area contributed by atoms with Gasteiger partial charge in [-0.15, -0.1) is 11.3 Å². The maximum atomic E-state index is 11.8. The Bertz CT molecular complexity index is 722. The first-order valence-corrected chi connectivity index (χ1v) is 5.96. The molecular formula is C13H8N2OS. The highest BCUT2D eigenvalue weighted by atomic mass is 32.1. The molecule has 82 valence electrons. The first kappa shape index (κ1) is 10.1. The molecule has 0 amide bonds. The summed E-state index contributed by atoms with van der Waals surface area (Å²) in [5.74, 6) is 0. The van der Waals surface area contributed by atoms with Crippen molar-refractivity contribution in [1.29, 1.82) is 0 Å². The molecule has 2 aromatic heterocycles. The van der Waals surface area contributed by atoms with Gasteiger partial charge in [0.1, 0.15) is 5.01 Å². The molecule has 0 aliphatic carbocycles. The smallest absolute Gasteiger partial charge is 0.267 e. The van der Waals surface area contributed by atoms with E-state index in [1.165, 1.54) is 11.3 Å². The Balaban J connectivity index is 2.30. The van der Waals surface area contributed by atoms with E-state index in [0.29, 0.717) is 10.4 Å². The van der Waals surface area contributed by atoms with E-state index < -0.39 is 0 Å². The monoisotopic (exact) mass is 240 g/mol. The number of pyridine rings is 1. The van der Waals surface area contributed by atoms with Gasteiger partial charge < -0.3 is 0 Å². The van der Waals surface area contributed by atoms with Crippen LogP contribution in [0.1, 0.15) is 0 Å². The molecule has 3 rings (SSSR count). The number of benzene rings is 1. The van der Waals surface area contributed by atoms with Gasteiger partial charge in [-0.1, -0.05) is 12.1 Å². The van der Waals surface area contributed by atoms with E-state index in [9.17, 15) is 4.79 Å². The minimum atomic E-state index is -0.182. The van der Waals surface area contributed by atoms with Gasteiger partial charge in [0.05, 0.1) is 5.39 Å². The highest BCUT2D eigenvalue weighted by Gasteiger charge is 2.05. The van der Waals surface area contributed by atoms with Gasteiger partial charge in [0.25, 0.3) is 5.56 Å². The molecule has 2 heterocycles. The number of hydrogen-bond donors (Lipinski definition) is 0. The van der Waals surface area contributed by atoms with E-state index in [1.807, 2.05) is 30.3 Å². The maximum absolute atomic E-state index is 11.8. The third-order valence-corrected chi connectivity index (χ3v) is 3.53. The second-order valence-corrected chi connectivity index (χ2v) is 4.59. The van der Waals surface area contributed by atoms with Crippen LogP contribution >= 0.6 is 11.3 Å². The van der Waals surface area contributed by atoms with E-state index in [2.05, 4.69) is 9.97 Å². The molecule has 3 nitrogen and oxygen atoms in total. The molecule has 17 heavy (non-hydrogen) atoms. The summed E-state index contributed by atoms with van der Waals surface area (Å²) >= 11 is 1.50. The number of fused-ring (bicyclic) bond motifs is 1. The van der Waals surface area contributed by atoms with E-state index in [-0.39, 0.29) is 5.56 Å². The van der Waals surface area contributed by atoms with Crippen LogP contribution in [0.3, 0.4) is 0 Å². The Hall–Kier alpha value is -2.07. The van der Waals surface area contributed by atoms with Crippen molar-refractivity contribution in [1.82, 2.24) is 9.97 Å². The third kappa shape index (κ3) is 1.83. The molecule has 4 heteroatoms. The Morgan fingerprint density at radius 1 is 1.06 bits per heavy atom. The average Bonchev–Trinajstić information content (AvgIpc) is 2.40. The second-order valence-electron chi connectivity index (χ2n) is 3.56. The number of aromatic nitrogens is 2. The fraction of sp³-hybridized carbons (Fsp3) is 0. The molecule has 0 radical (unpaired) electrons. The van der Waals surface area contributed by atoms with Crippen LogP contribution in [0, 0.1) is 0 Å². The van der Waals surface area contributed by atoms with Crippen molar-refractivity contribution in [3.8, 4) is 10.6 Å². The third-order valence-electron chi connectivity index (χ3n) is 2.44. The van der Waals surface area contributed by atoms with Gasteiger partial charge in [-0.05, 0) is 24.3 Å². The lowest BCUT2D eigenvalue weighted by molar-refractivity contribution is 1.28. The lowest BCUT2D eigenvalue weighted by Gasteiger charge is -2.00. The molecule has 0 atom stereocenters. The van der Waals surface area contributed by atoms with Crippen molar-refractivity contribution < 1.29 is 0 Å². The predicted molar refractivity (Wildman–Crippen MR) is 69.1 cm³/mol. The fourth-order valence-corrected chi connectivity index (χ4v) is 2.61. The average molecular weight is 240 g/mol. The van der Waals surface area contributed by atoms with E-state index >= 15 is 0 Å². The Morgan fingerprint density at radius 2 is 1.94 bits per heavy atom. The van der Waals surface area contributed by atoms with E-state index in [1.54, 1.807) is 18.5 Å². The fourth-order valence-electron chi connectivity index (χ4n) is 1.62. The zero-order chi connectivity index (χ0) is 11.7. The quantitative estimate of drug-likeness (QED) is 0.656. The van der Waals surface area contributed by atoms with Crippen LogP contribution in [0.25, 0.3) is 20.7 Å². The molecule has 0 saturated carbocycles. The lowest BCUT2D eigenvalue weighted by atomic mass is 10.3. The molecule has 0 N–H and O–H groups in total. The first-order chi connectivity index (χ1) is 8.34. The molecule has 0 aliphatic rings. The standard InChI is InChI=1S/C13H8N2OS/c16-12-10-5-1-2-6-11(10)17-13(15-12)9-4-3-7-14-8-9/h1-8H. The minimum Gasteiger partial charge on any atom is -0.267 e. The molecule has 3 aromatic rings. The van der Waals surface area contributed by atoms with Crippen LogP contribution in [0.2, 0.25) is 0 Å². The SMILES string of the molecule is O=c1nc(-c2cccnc2)sc2ccccc12. The van der Waals surface area contributed by atoms with Gasteiger partial charge in [0.2, 0.25) is 0 Å². The van der Waals surface area contributed by atoms with Gasteiger partial charge in [-0.3, -0.25) is 9.78 Å². The topological polar surface area (TPSA) is 42.9 Å². The van der Waals surface area contributed by atoms with Crippen molar-refractivity contribution >= 4 is 21.4 Å². The second kappa shape index (κ2) is 4.07. The molecular weight excluding hydrogens is 232 g/mol. The van der Waals surface area contributed by atoms with Crippen molar-refractivity contribution in [2.75, 3.05) is 0 Å². The first-order valence-electron chi connectivity index (χ1n) is 5.15. The van der Waals surface area contributed by atoms with E-state index in [0.717, 1.165) is 10.3 Å². The van der Waals surface area contributed by atoms with Crippen LogP contribution in [-0.4, -0.2) is 9.97 Å². The summed E-state index contributed by atoms with van der Waals surface area (Å²) in [4.78, 5) is 20.0. The Morgan fingerprint density at radius 3 is 2.76 bits per heavy atom. The van der Waals surface area contributed by atoms with Gasteiger partial charge in [-0.2, -0.15) is 4.98 Å². The van der Waals surface area contributed by atoms with Gasteiger partial charge in [0.15, 0.2) is 0 Å². The van der Waals surface area contributed by atoms with Crippen LogP contribution in [0.5, 0.6) is 0 Å². The molecule has 1 aromatic carbocycles. The maximum Gasteiger partial charge on any atom is 0.279 e. The summed E-state index contributed by atoms with van der Waals surface area (Å²) < 4.78 is 0.950. The molecule has 0 spiro atoms. The van der Waals surface area contributed by atoms with Gasteiger partial charge in [0, 0.05) is 22.7 Å². The molecule has 0 unspecified atom stereocenters. The largest absolute Gasteiger partial charge is 0.279 e. The number of rotatable bonds is 1. The van der Waals surface area contributed by atoms with Crippen LogP contribution in [0.4, 0.5) is 0 Å². The Kier molecular flexibility index (Phi) is 2.42. The highest BCUT2D eigenvalue weighted by Crippen LogP contribution is 2.24. The summed E-state index contributed by atoms with van der Waals surface area (Å²) in [6.45, 7) is 0. The van der Waals surface area contributed by atoms with Crippen LogP contribution < -0.4 is 5.56 Å². The number of nitrogens with zero attached hydrogens (tertiary/aromatic N) is 2. The zero-order valence-corrected chi connectivity index (χ0v) is 9.65. The highest BCUT2D eigenvalue weighted by molar-refractivity contribution is 7.21. The van der Waals surface area contributed by atoms with E-state index in [4.69, 9.17) is 0 Å². The number of hydrogen-bond acceptors (Lipinski definition) is 4. The molecule has 0 aliphatic heterocycles. The summed E-state index contributed by atoms with van der Waals surface area (Å²) in [5, 5.41) is 1.38. The molecule has 0 saturated heterocycles. The van der Waals surface area contributed by atoms with Crippen molar-refractivity contribution in [3.05, 3.63) is 59.1 Å². The summed E-state index contributed by atoms with van der Waals surface area (Å²) in [5.41, 5.74) is 0.693. The molecule has 0 fully saturated rings. The lowest BCUT2D eigenvalue weighted by Crippen LogP contribution is -2.05. The predicted octanol–water partition coefficient (Wildman–Crippen LogP) is 2.72. The normalized spacial score (nSPS) is 10.6. The zero-order valence-electron chi connectivity index (χ0n) is 8.83. The van der Waals surface area contributed by atoms with Crippen LogP contribution in [-0.2, 0) is 0 Å². The Labute approximate surface area is 101 Å². The summed E-state index contributed by atoms with van der Waals surface area (Å²) in [6.07, 6.45) is 3.42. The van der Waals surface area contributed by atoms with Crippen molar-refractivity contribution in [2.45, 2.75) is 0 Å². The van der Waals surface area contributed by atoms with Crippen molar-refractivity contribution in [3.63, 3.8) is 0 Å². The van der Waals surface area contributed by atoms with Crippen molar-refractivity contribution in [2.24, 2.45) is 0 Å².